The summed E-state index contributed by atoms with van der Waals surface area (Å²) in [6.07, 6.45) is 1.52. The highest BCUT2D eigenvalue weighted by atomic mass is 16.5. The number of hydrogen-bond acceptors (Lipinski definition) is 2. The fourth-order valence-corrected chi connectivity index (χ4v) is 1.91. The summed E-state index contributed by atoms with van der Waals surface area (Å²) in [6.45, 7) is 2.62. The fraction of sp³-hybridized carbons (Fsp3) is 0.235. The van der Waals surface area contributed by atoms with Crippen LogP contribution < -0.4 is 4.74 Å². The maximum Gasteiger partial charge on any atom is 0.120 e. The van der Waals surface area contributed by atoms with Gasteiger partial charge in [-0.1, -0.05) is 49.4 Å². The van der Waals surface area contributed by atoms with Crippen LogP contribution in [0.15, 0.2) is 54.6 Å². The molecule has 19 heavy (non-hydrogen) atoms. The van der Waals surface area contributed by atoms with E-state index in [4.69, 9.17) is 4.74 Å². The zero-order chi connectivity index (χ0) is 13.5. The van der Waals surface area contributed by atoms with Gasteiger partial charge in [-0.2, -0.15) is 0 Å². The van der Waals surface area contributed by atoms with E-state index in [0.29, 0.717) is 13.0 Å². The monoisotopic (exact) mass is 254 g/mol. The van der Waals surface area contributed by atoms with Crippen molar-refractivity contribution in [3.8, 4) is 5.75 Å². The molecule has 2 rings (SSSR count). The number of ether oxygens (including phenoxy) is 1. The highest BCUT2D eigenvalue weighted by molar-refractivity contribution is 5.51. The van der Waals surface area contributed by atoms with Gasteiger partial charge in [0, 0.05) is 6.42 Å². The molecule has 2 heteroatoms. The molecule has 0 fully saturated rings. The summed E-state index contributed by atoms with van der Waals surface area (Å²) in [5.74, 6) is 1.12. The van der Waals surface area contributed by atoms with Crippen molar-refractivity contribution in [2.45, 2.75) is 25.9 Å². The molecule has 0 amide bonds. The quantitative estimate of drug-likeness (QED) is 0.729. The van der Waals surface area contributed by atoms with Gasteiger partial charge in [-0.15, -0.1) is 0 Å². The van der Waals surface area contributed by atoms with Crippen molar-refractivity contribution in [1.29, 1.82) is 0 Å². The second-order valence-corrected chi connectivity index (χ2v) is 4.65. The van der Waals surface area contributed by atoms with Crippen LogP contribution in [0, 0.1) is 0 Å². The van der Waals surface area contributed by atoms with E-state index < -0.39 is 0 Å². The van der Waals surface area contributed by atoms with Gasteiger partial charge in [0.25, 0.3) is 0 Å². The third-order valence-corrected chi connectivity index (χ3v) is 3.15. The van der Waals surface area contributed by atoms with E-state index in [9.17, 15) is 4.79 Å². The molecule has 0 saturated carbocycles. The number of benzene rings is 2. The predicted octanol–water partition coefficient (Wildman–Crippen LogP) is 3.96. The van der Waals surface area contributed by atoms with Crippen LogP contribution in [-0.4, -0.2) is 6.29 Å². The summed E-state index contributed by atoms with van der Waals surface area (Å²) in [4.78, 5) is 10.5. The van der Waals surface area contributed by atoms with E-state index in [-0.39, 0.29) is 5.92 Å². The van der Waals surface area contributed by atoms with Gasteiger partial charge in [0.15, 0.2) is 0 Å². The van der Waals surface area contributed by atoms with Gasteiger partial charge in [-0.05, 0) is 29.2 Å². The highest BCUT2D eigenvalue weighted by Gasteiger charge is 2.04. The number of hydrogen-bond donors (Lipinski definition) is 0. The molecule has 2 aromatic carbocycles. The molecule has 0 spiro atoms. The van der Waals surface area contributed by atoms with Crippen molar-refractivity contribution < 1.29 is 9.53 Å². The molecule has 0 bridgehead atoms. The van der Waals surface area contributed by atoms with Gasteiger partial charge in [0.05, 0.1) is 0 Å². The summed E-state index contributed by atoms with van der Waals surface area (Å²) < 4.78 is 5.72. The van der Waals surface area contributed by atoms with E-state index in [1.807, 2.05) is 61.5 Å². The Morgan fingerprint density at radius 2 is 1.74 bits per heavy atom. The lowest BCUT2D eigenvalue weighted by Gasteiger charge is -2.10. The average molecular weight is 254 g/mol. The average Bonchev–Trinajstić information content (AvgIpc) is 2.47. The first kappa shape index (κ1) is 13.3. The Balaban J connectivity index is 1.93. The van der Waals surface area contributed by atoms with Gasteiger partial charge in [0.2, 0.25) is 0 Å². The molecular weight excluding hydrogens is 236 g/mol. The third kappa shape index (κ3) is 3.95. The predicted molar refractivity (Wildman–Crippen MR) is 76.3 cm³/mol. The topological polar surface area (TPSA) is 26.3 Å². The Morgan fingerprint density at radius 3 is 2.37 bits per heavy atom. The number of carbonyl (C=O) groups is 1. The van der Waals surface area contributed by atoms with E-state index >= 15 is 0 Å². The normalized spacial score (nSPS) is 11.8. The van der Waals surface area contributed by atoms with Crippen LogP contribution in [-0.2, 0) is 11.4 Å². The highest BCUT2D eigenvalue weighted by Crippen LogP contribution is 2.21. The Morgan fingerprint density at radius 1 is 1.05 bits per heavy atom. The maximum atomic E-state index is 10.5. The Bertz CT molecular complexity index is 503. The number of carbonyl (C=O) groups excluding carboxylic acids is 1. The van der Waals surface area contributed by atoms with Crippen LogP contribution >= 0.6 is 0 Å². The fourth-order valence-electron chi connectivity index (χ4n) is 1.91. The smallest absolute Gasteiger partial charge is 0.120 e. The van der Waals surface area contributed by atoms with Crippen LogP contribution in [0.2, 0.25) is 0 Å². The lowest BCUT2D eigenvalue weighted by molar-refractivity contribution is -0.108. The summed E-state index contributed by atoms with van der Waals surface area (Å²) in [6, 6.07) is 18.0. The van der Waals surface area contributed by atoms with Crippen molar-refractivity contribution in [2.24, 2.45) is 0 Å². The summed E-state index contributed by atoms with van der Waals surface area (Å²) >= 11 is 0. The standard InChI is InChI=1S/C17H18O2/c1-14(11-12-18)16-7-9-17(10-8-16)19-13-15-5-3-2-4-6-15/h2-10,12,14H,11,13H2,1H3/t14-/m1/s1. The van der Waals surface area contributed by atoms with Crippen molar-refractivity contribution >= 4 is 6.29 Å². The Hall–Kier alpha value is -2.09. The van der Waals surface area contributed by atoms with Crippen LogP contribution in [0.3, 0.4) is 0 Å². The summed E-state index contributed by atoms with van der Waals surface area (Å²) in [5, 5.41) is 0. The molecular formula is C17H18O2. The number of aldehydes is 1. The molecule has 98 valence electrons. The van der Waals surface area contributed by atoms with Crippen LogP contribution in [0.25, 0.3) is 0 Å². The van der Waals surface area contributed by atoms with Gasteiger partial charge >= 0.3 is 0 Å². The maximum absolute atomic E-state index is 10.5. The largest absolute Gasteiger partial charge is 0.489 e. The van der Waals surface area contributed by atoms with Gasteiger partial charge < -0.3 is 9.53 Å². The van der Waals surface area contributed by atoms with Crippen molar-refractivity contribution in [3.63, 3.8) is 0 Å². The lowest BCUT2D eigenvalue weighted by atomic mass is 9.99. The van der Waals surface area contributed by atoms with E-state index in [0.717, 1.165) is 17.6 Å². The molecule has 0 heterocycles. The molecule has 2 aromatic rings. The molecule has 0 unspecified atom stereocenters. The molecule has 0 aliphatic rings. The second-order valence-electron chi connectivity index (χ2n) is 4.65. The first-order valence-corrected chi connectivity index (χ1v) is 6.50. The second kappa shape index (κ2) is 6.74. The Kier molecular flexibility index (Phi) is 4.73. The Labute approximate surface area is 114 Å². The van der Waals surface area contributed by atoms with Crippen molar-refractivity contribution in [2.75, 3.05) is 0 Å². The minimum Gasteiger partial charge on any atom is -0.489 e. The molecule has 0 radical (unpaired) electrons. The van der Waals surface area contributed by atoms with Crippen molar-refractivity contribution in [3.05, 3.63) is 65.7 Å². The minimum atomic E-state index is 0.265. The van der Waals surface area contributed by atoms with Gasteiger partial charge in [0.1, 0.15) is 18.6 Å². The van der Waals surface area contributed by atoms with Crippen LogP contribution in [0.5, 0.6) is 5.75 Å². The van der Waals surface area contributed by atoms with E-state index in [1.54, 1.807) is 0 Å². The minimum absolute atomic E-state index is 0.265. The number of rotatable bonds is 6. The molecule has 0 aliphatic heterocycles. The molecule has 0 aliphatic carbocycles. The zero-order valence-corrected chi connectivity index (χ0v) is 11.1. The molecule has 0 saturated heterocycles. The van der Waals surface area contributed by atoms with Gasteiger partial charge in [-0.3, -0.25) is 0 Å². The molecule has 2 nitrogen and oxygen atoms in total. The first-order valence-electron chi connectivity index (χ1n) is 6.50. The molecule has 0 aromatic heterocycles. The lowest BCUT2D eigenvalue weighted by Crippen LogP contribution is -1.97. The molecule has 1 atom stereocenters. The zero-order valence-electron chi connectivity index (χ0n) is 11.1. The van der Waals surface area contributed by atoms with E-state index in [2.05, 4.69) is 0 Å². The third-order valence-electron chi connectivity index (χ3n) is 3.15. The van der Waals surface area contributed by atoms with Crippen LogP contribution in [0.1, 0.15) is 30.4 Å². The van der Waals surface area contributed by atoms with Crippen molar-refractivity contribution in [1.82, 2.24) is 0 Å². The first-order chi connectivity index (χ1) is 9.29. The van der Waals surface area contributed by atoms with Gasteiger partial charge in [-0.25, -0.2) is 0 Å². The SMILES string of the molecule is C[C@H](CC=O)c1ccc(OCc2ccccc2)cc1. The molecule has 0 N–H and O–H groups in total. The van der Waals surface area contributed by atoms with Crippen LogP contribution in [0.4, 0.5) is 0 Å². The van der Waals surface area contributed by atoms with E-state index in [1.165, 1.54) is 5.56 Å². The summed E-state index contributed by atoms with van der Waals surface area (Å²) in [5.41, 5.74) is 2.32. The summed E-state index contributed by atoms with van der Waals surface area (Å²) in [7, 11) is 0.